The van der Waals surface area contributed by atoms with Crippen LogP contribution in [0.2, 0.25) is 0 Å². The Morgan fingerprint density at radius 2 is 2.13 bits per heavy atom. The zero-order valence-corrected chi connectivity index (χ0v) is 18.4. The van der Waals surface area contributed by atoms with E-state index in [1.807, 2.05) is 6.07 Å². The van der Waals surface area contributed by atoms with Crippen molar-refractivity contribution in [3.63, 3.8) is 0 Å². The second-order valence-electron chi connectivity index (χ2n) is 9.96. The highest BCUT2D eigenvalue weighted by Gasteiger charge is 2.79. The van der Waals surface area contributed by atoms with Crippen molar-refractivity contribution in [1.29, 1.82) is 0 Å². The van der Waals surface area contributed by atoms with Crippen LogP contribution >= 0.6 is 0 Å². The monoisotopic (exact) mass is 409 g/mol. The maximum Gasteiger partial charge on any atom is 0.166 e. The zero-order chi connectivity index (χ0) is 20.9. The molecule has 5 heteroatoms. The summed E-state index contributed by atoms with van der Waals surface area (Å²) < 4.78 is 18.9. The molecule has 2 fully saturated rings. The van der Waals surface area contributed by atoms with Crippen LogP contribution in [0.1, 0.15) is 43.7 Å². The first-order valence-corrected chi connectivity index (χ1v) is 11.3. The first kappa shape index (κ1) is 18.9. The van der Waals surface area contributed by atoms with Crippen LogP contribution in [0.25, 0.3) is 0 Å². The molecular weight excluding hydrogens is 378 g/mol. The summed E-state index contributed by atoms with van der Waals surface area (Å²) >= 11 is 0. The molecule has 6 aliphatic rings. The van der Waals surface area contributed by atoms with Gasteiger partial charge in [-0.25, -0.2) is 0 Å². The number of methoxy groups -OCH3 is 2. The summed E-state index contributed by atoms with van der Waals surface area (Å²) in [5.41, 5.74) is 1.73. The van der Waals surface area contributed by atoms with E-state index in [4.69, 9.17) is 14.2 Å². The number of likely N-dealkylation sites (N-methyl/N-ethyl adjacent to an activating group) is 1. The molecule has 2 spiro atoms. The number of hydrogen-bond acceptors (Lipinski definition) is 5. The number of hydrogen-bond donors (Lipinski definition) is 0. The fourth-order valence-electron chi connectivity index (χ4n) is 7.99. The summed E-state index contributed by atoms with van der Waals surface area (Å²) in [5, 5.41) is 0. The van der Waals surface area contributed by atoms with Gasteiger partial charge in [-0.05, 0) is 50.9 Å². The van der Waals surface area contributed by atoms with Crippen LogP contribution in [-0.4, -0.2) is 56.2 Å². The molecule has 0 N–H and O–H groups in total. The molecule has 0 radical (unpaired) electrons. The summed E-state index contributed by atoms with van der Waals surface area (Å²) in [5.74, 6) is 1.84. The summed E-state index contributed by atoms with van der Waals surface area (Å²) in [6.45, 7) is 3.11. The molecule has 4 bridgehead atoms. The Labute approximate surface area is 178 Å². The molecule has 1 aromatic rings. The number of Topliss-reactive ketones (excluding diaryl/α,β-unsaturated/α-hetero) is 1. The number of rotatable bonds is 5. The number of benzene rings is 1. The van der Waals surface area contributed by atoms with Crippen molar-refractivity contribution in [3.05, 3.63) is 35.4 Å². The standard InChI is InChI=1S/C25H31NO4/c1-5-6-17(27)16-14-23-9-10-25(16,29-4)22-24(23)11-12-26(2)19(23)13-15-7-8-18(28-3)21(30-22)20(15)24/h7-10,16,19,22H,5-6,11-14H2,1-4H3/t16-,19-,22-,23-,24?,25+/m1/s1. The molecule has 1 aromatic carbocycles. The van der Waals surface area contributed by atoms with E-state index in [0.29, 0.717) is 18.2 Å². The van der Waals surface area contributed by atoms with Crippen molar-refractivity contribution in [2.24, 2.45) is 11.3 Å². The summed E-state index contributed by atoms with van der Waals surface area (Å²) in [6.07, 6.45) is 8.74. The lowest BCUT2D eigenvalue weighted by molar-refractivity contribution is -0.213. The van der Waals surface area contributed by atoms with E-state index in [2.05, 4.69) is 37.1 Å². The van der Waals surface area contributed by atoms with E-state index < -0.39 is 5.60 Å². The SMILES string of the molecule is CCCC(=O)[C@H]1C[C@@]23C=C[C@@]1(OC)[C@@H]1Oc4c(OC)ccc5c4C12CCN(C)[C@@H]3C5. The highest BCUT2D eigenvalue weighted by Crippen LogP contribution is 2.74. The molecule has 6 atom stereocenters. The smallest absolute Gasteiger partial charge is 0.166 e. The van der Waals surface area contributed by atoms with Gasteiger partial charge >= 0.3 is 0 Å². The van der Waals surface area contributed by atoms with Gasteiger partial charge in [0.25, 0.3) is 0 Å². The minimum atomic E-state index is -0.715. The lowest BCUT2D eigenvalue weighted by Gasteiger charge is -2.70. The van der Waals surface area contributed by atoms with Gasteiger partial charge < -0.3 is 19.1 Å². The predicted octanol–water partition coefficient (Wildman–Crippen LogP) is 3.28. The number of carbonyl (C=O) groups is 1. The van der Waals surface area contributed by atoms with E-state index in [1.54, 1.807) is 14.2 Å². The third-order valence-corrected chi connectivity index (χ3v) is 9.16. The number of ketones is 1. The van der Waals surface area contributed by atoms with Crippen LogP contribution < -0.4 is 9.47 Å². The molecule has 0 amide bonds. The van der Waals surface area contributed by atoms with Crippen molar-refractivity contribution in [3.8, 4) is 11.5 Å². The largest absolute Gasteiger partial charge is 0.493 e. The van der Waals surface area contributed by atoms with E-state index in [-0.39, 0.29) is 22.9 Å². The van der Waals surface area contributed by atoms with Crippen LogP contribution in [0.3, 0.4) is 0 Å². The van der Waals surface area contributed by atoms with Crippen molar-refractivity contribution >= 4 is 5.78 Å². The minimum absolute atomic E-state index is 0.108. The summed E-state index contributed by atoms with van der Waals surface area (Å²) in [6, 6.07) is 4.65. The molecule has 160 valence electrons. The third kappa shape index (κ3) is 1.79. The van der Waals surface area contributed by atoms with Gasteiger partial charge in [-0.3, -0.25) is 4.79 Å². The van der Waals surface area contributed by atoms with Crippen LogP contribution in [0.5, 0.6) is 11.5 Å². The van der Waals surface area contributed by atoms with Crippen LogP contribution in [0.4, 0.5) is 0 Å². The van der Waals surface area contributed by atoms with Crippen molar-refractivity contribution < 1.29 is 19.0 Å². The van der Waals surface area contributed by atoms with Gasteiger partial charge in [0.2, 0.25) is 0 Å². The normalized spacial score (nSPS) is 42.1. The van der Waals surface area contributed by atoms with E-state index in [1.165, 1.54) is 11.1 Å². The quantitative estimate of drug-likeness (QED) is 0.699. The number of nitrogens with zero attached hydrogens (tertiary/aromatic N) is 1. The molecule has 1 saturated heterocycles. The van der Waals surface area contributed by atoms with Crippen LogP contribution in [-0.2, 0) is 21.4 Å². The average molecular weight is 410 g/mol. The molecule has 2 heterocycles. The van der Waals surface area contributed by atoms with Gasteiger partial charge in [0.1, 0.15) is 17.5 Å². The Balaban J connectivity index is 1.65. The Hall–Kier alpha value is -1.85. The van der Waals surface area contributed by atoms with Crippen molar-refractivity contribution in [2.75, 3.05) is 27.8 Å². The summed E-state index contributed by atoms with van der Waals surface area (Å²) in [7, 11) is 5.71. The maximum atomic E-state index is 13.4. The highest BCUT2D eigenvalue weighted by atomic mass is 16.6. The van der Waals surface area contributed by atoms with Crippen molar-refractivity contribution in [1.82, 2.24) is 4.90 Å². The minimum Gasteiger partial charge on any atom is -0.493 e. The molecule has 0 aromatic heterocycles. The molecule has 2 aliphatic heterocycles. The maximum absolute atomic E-state index is 13.4. The second-order valence-corrected chi connectivity index (χ2v) is 9.96. The topological polar surface area (TPSA) is 48.0 Å². The zero-order valence-electron chi connectivity index (χ0n) is 18.4. The fraction of sp³-hybridized carbons (Fsp3) is 0.640. The van der Waals surface area contributed by atoms with Crippen LogP contribution in [0, 0.1) is 11.3 Å². The van der Waals surface area contributed by atoms with Crippen LogP contribution in [0.15, 0.2) is 24.3 Å². The molecular formula is C25H31NO4. The number of ether oxygens (including phenoxy) is 3. The van der Waals surface area contributed by atoms with E-state index in [9.17, 15) is 4.79 Å². The summed E-state index contributed by atoms with van der Waals surface area (Å²) in [4.78, 5) is 15.9. The molecule has 7 rings (SSSR count). The van der Waals surface area contributed by atoms with Crippen molar-refractivity contribution in [2.45, 2.75) is 62.2 Å². The fourth-order valence-corrected chi connectivity index (χ4v) is 7.99. The number of carbonyl (C=O) groups excluding carboxylic acids is 1. The van der Waals surface area contributed by atoms with E-state index >= 15 is 0 Å². The number of likely N-dealkylation sites (tertiary alicyclic amines) is 1. The first-order valence-electron chi connectivity index (χ1n) is 11.3. The predicted molar refractivity (Wildman–Crippen MR) is 113 cm³/mol. The Morgan fingerprint density at radius 3 is 2.87 bits per heavy atom. The van der Waals surface area contributed by atoms with Gasteiger partial charge in [0, 0.05) is 30.6 Å². The van der Waals surface area contributed by atoms with Gasteiger partial charge in [-0.15, -0.1) is 0 Å². The first-order chi connectivity index (χ1) is 14.5. The van der Waals surface area contributed by atoms with Gasteiger partial charge in [-0.1, -0.05) is 25.1 Å². The molecule has 5 nitrogen and oxygen atoms in total. The van der Waals surface area contributed by atoms with E-state index in [0.717, 1.165) is 43.7 Å². The second kappa shape index (κ2) is 5.89. The average Bonchev–Trinajstić information content (AvgIpc) is 3.13. The molecule has 4 aliphatic carbocycles. The Bertz CT molecular complexity index is 972. The Kier molecular flexibility index (Phi) is 3.71. The third-order valence-electron chi connectivity index (χ3n) is 9.16. The lowest BCUT2D eigenvalue weighted by atomic mass is 9.37. The van der Waals surface area contributed by atoms with Gasteiger partial charge in [0.15, 0.2) is 11.5 Å². The molecule has 1 unspecified atom stereocenters. The van der Waals surface area contributed by atoms with Gasteiger partial charge in [-0.2, -0.15) is 0 Å². The van der Waals surface area contributed by atoms with Gasteiger partial charge in [0.05, 0.1) is 18.4 Å². The highest BCUT2D eigenvalue weighted by molar-refractivity contribution is 5.84. The molecule has 1 saturated carbocycles. The Morgan fingerprint density at radius 1 is 1.30 bits per heavy atom. The number of fused-ring (bicyclic) bond motifs is 1. The number of piperidine rings is 1. The molecule has 30 heavy (non-hydrogen) atoms. The lowest BCUT2D eigenvalue weighted by Crippen LogP contribution is -2.79.